The fraction of sp³-hybridized carbons (Fsp3) is 0.346. The zero-order valence-corrected chi connectivity index (χ0v) is 17.7. The number of rotatable bonds is 5. The van der Waals surface area contributed by atoms with Crippen LogP contribution >= 0.6 is 0 Å². The number of nitrogens with zero attached hydrogens (tertiary/aromatic N) is 1. The van der Waals surface area contributed by atoms with E-state index in [0.717, 1.165) is 19.4 Å². The molecule has 1 aliphatic carbocycles. The third-order valence-corrected chi connectivity index (χ3v) is 6.69. The molecule has 1 heterocycles. The summed E-state index contributed by atoms with van der Waals surface area (Å²) in [5.74, 6) is -0.315. The molecule has 160 valence electrons. The zero-order chi connectivity index (χ0) is 21.4. The van der Waals surface area contributed by atoms with Crippen molar-refractivity contribution in [1.82, 2.24) is 4.90 Å². The van der Waals surface area contributed by atoms with Crippen molar-refractivity contribution in [1.29, 1.82) is 0 Å². The number of hydrogen-bond acceptors (Lipinski definition) is 5. The molecule has 1 aliphatic heterocycles. The summed E-state index contributed by atoms with van der Waals surface area (Å²) in [6, 6.07) is 23.7. The first-order valence-corrected chi connectivity index (χ1v) is 10.9. The molecule has 5 nitrogen and oxygen atoms in total. The number of esters is 1. The summed E-state index contributed by atoms with van der Waals surface area (Å²) in [7, 11) is 2.09. The van der Waals surface area contributed by atoms with E-state index in [0.29, 0.717) is 12.2 Å². The normalized spacial score (nSPS) is 27.5. The van der Waals surface area contributed by atoms with Crippen molar-refractivity contribution in [2.24, 2.45) is 5.73 Å². The second kappa shape index (κ2) is 8.08. The Balaban J connectivity index is 1.32. The summed E-state index contributed by atoms with van der Waals surface area (Å²) >= 11 is 0. The van der Waals surface area contributed by atoms with E-state index < -0.39 is 0 Å². The van der Waals surface area contributed by atoms with E-state index in [1.165, 1.54) is 16.3 Å². The molecule has 2 unspecified atom stereocenters. The van der Waals surface area contributed by atoms with Crippen LogP contribution in [0, 0.1) is 0 Å². The van der Waals surface area contributed by atoms with Gasteiger partial charge in [0.05, 0.1) is 24.3 Å². The Bertz CT molecular complexity index is 1080. The topological polar surface area (TPSA) is 68.1 Å². The van der Waals surface area contributed by atoms with Gasteiger partial charge in [-0.15, -0.1) is 0 Å². The lowest BCUT2D eigenvalue weighted by Crippen LogP contribution is -2.63. The van der Waals surface area contributed by atoms with Crippen LogP contribution in [0.15, 0.2) is 72.8 Å². The van der Waals surface area contributed by atoms with E-state index in [-0.39, 0.29) is 29.8 Å². The molecule has 3 aromatic rings. The molecule has 5 rings (SSSR count). The number of epoxide rings is 1. The summed E-state index contributed by atoms with van der Waals surface area (Å²) in [5.41, 5.74) is 8.27. The minimum Gasteiger partial charge on any atom is -0.457 e. The van der Waals surface area contributed by atoms with Crippen LogP contribution in [0.1, 0.15) is 28.8 Å². The first-order valence-electron chi connectivity index (χ1n) is 10.9. The van der Waals surface area contributed by atoms with Gasteiger partial charge >= 0.3 is 5.97 Å². The molecule has 5 heteroatoms. The molecule has 31 heavy (non-hydrogen) atoms. The molecule has 0 amide bonds. The third-order valence-electron chi connectivity index (χ3n) is 6.69. The summed E-state index contributed by atoms with van der Waals surface area (Å²) in [5, 5.41) is 2.46. The third kappa shape index (κ3) is 3.97. The molecular formula is C26H28N2O3. The van der Waals surface area contributed by atoms with Crippen LogP contribution in [0.5, 0.6) is 0 Å². The lowest BCUT2D eigenvalue weighted by Gasteiger charge is -2.44. The highest BCUT2D eigenvalue weighted by Crippen LogP contribution is 2.45. The van der Waals surface area contributed by atoms with Gasteiger partial charge in [0.25, 0.3) is 0 Å². The largest absolute Gasteiger partial charge is 0.457 e. The number of carbonyl (C=O) groups excluding carboxylic acids is 1. The van der Waals surface area contributed by atoms with Crippen molar-refractivity contribution < 1.29 is 14.3 Å². The van der Waals surface area contributed by atoms with Crippen molar-refractivity contribution in [2.75, 3.05) is 13.7 Å². The number of likely N-dealkylation sites (N-methyl/N-ethyl adjacent to an activating group) is 1. The van der Waals surface area contributed by atoms with Gasteiger partial charge in [0.15, 0.2) is 0 Å². The van der Waals surface area contributed by atoms with E-state index in [4.69, 9.17) is 15.2 Å². The minimum absolute atomic E-state index is 0.0127. The highest BCUT2D eigenvalue weighted by molar-refractivity contribution is 5.89. The van der Waals surface area contributed by atoms with Crippen molar-refractivity contribution in [2.45, 2.75) is 43.2 Å². The van der Waals surface area contributed by atoms with Gasteiger partial charge in [-0.05, 0) is 54.4 Å². The van der Waals surface area contributed by atoms with E-state index >= 15 is 0 Å². The molecule has 2 aliphatic rings. The fourth-order valence-corrected chi connectivity index (χ4v) is 5.02. The SMILES string of the molecule is CN(Cc1ccc2ccccc2c1)C1C(N)[C@H](OC(=O)c2ccccc2)CC[C@]12CO2. The minimum atomic E-state index is -0.327. The van der Waals surface area contributed by atoms with Crippen LogP contribution in [0.4, 0.5) is 0 Å². The quantitative estimate of drug-likeness (QED) is 0.507. The van der Waals surface area contributed by atoms with Crippen LogP contribution in [-0.4, -0.2) is 48.3 Å². The van der Waals surface area contributed by atoms with Crippen molar-refractivity contribution >= 4 is 16.7 Å². The molecule has 1 spiro atoms. The summed E-state index contributed by atoms with van der Waals surface area (Å²) in [6.07, 6.45) is 1.24. The Morgan fingerprint density at radius 3 is 2.55 bits per heavy atom. The standard InChI is InChI=1S/C26H28N2O3/c1-28(16-18-11-12-19-7-5-6-10-21(19)15-18)24-23(27)22(13-14-26(24)17-30-26)31-25(29)20-8-3-2-4-9-20/h2-12,15,22-24H,13-14,16-17,27H2,1H3/t22-,23?,24?,26+/m1/s1. The second-order valence-corrected chi connectivity index (χ2v) is 8.82. The van der Waals surface area contributed by atoms with Gasteiger partial charge in [-0.25, -0.2) is 4.79 Å². The van der Waals surface area contributed by atoms with Crippen LogP contribution in [0.25, 0.3) is 10.8 Å². The molecule has 1 saturated heterocycles. The smallest absolute Gasteiger partial charge is 0.338 e. The maximum absolute atomic E-state index is 12.6. The van der Waals surface area contributed by atoms with Gasteiger partial charge in [0, 0.05) is 6.54 Å². The molecule has 3 aromatic carbocycles. The van der Waals surface area contributed by atoms with E-state index in [1.54, 1.807) is 12.1 Å². The molecule has 2 fully saturated rings. The van der Waals surface area contributed by atoms with Crippen LogP contribution in [0.2, 0.25) is 0 Å². The summed E-state index contributed by atoms with van der Waals surface area (Å²) in [6.45, 7) is 1.47. The number of carbonyl (C=O) groups is 1. The molecular weight excluding hydrogens is 388 g/mol. The van der Waals surface area contributed by atoms with Gasteiger partial charge in [-0.2, -0.15) is 0 Å². The van der Waals surface area contributed by atoms with Crippen molar-refractivity contribution in [3.63, 3.8) is 0 Å². The predicted molar refractivity (Wildman–Crippen MR) is 121 cm³/mol. The molecule has 1 saturated carbocycles. The Labute approximate surface area is 182 Å². The molecule has 0 radical (unpaired) electrons. The first kappa shape index (κ1) is 20.2. The number of ether oxygens (including phenoxy) is 2. The van der Waals surface area contributed by atoms with Gasteiger partial charge in [-0.3, -0.25) is 4.90 Å². The fourth-order valence-electron chi connectivity index (χ4n) is 5.02. The first-order chi connectivity index (χ1) is 15.1. The Morgan fingerprint density at radius 2 is 1.81 bits per heavy atom. The molecule has 0 aromatic heterocycles. The van der Waals surface area contributed by atoms with Crippen LogP contribution in [-0.2, 0) is 16.0 Å². The average molecular weight is 417 g/mol. The van der Waals surface area contributed by atoms with Gasteiger partial charge in [-0.1, -0.05) is 54.6 Å². The number of hydrogen-bond donors (Lipinski definition) is 1. The van der Waals surface area contributed by atoms with Crippen molar-refractivity contribution in [3.05, 3.63) is 83.9 Å². The maximum atomic E-state index is 12.6. The summed E-state index contributed by atoms with van der Waals surface area (Å²) < 4.78 is 11.8. The van der Waals surface area contributed by atoms with Crippen LogP contribution < -0.4 is 5.73 Å². The highest BCUT2D eigenvalue weighted by atomic mass is 16.6. The molecule has 2 N–H and O–H groups in total. The van der Waals surface area contributed by atoms with E-state index in [9.17, 15) is 4.79 Å². The maximum Gasteiger partial charge on any atom is 0.338 e. The monoisotopic (exact) mass is 416 g/mol. The van der Waals surface area contributed by atoms with E-state index in [2.05, 4.69) is 54.4 Å². The molecule has 4 atom stereocenters. The van der Waals surface area contributed by atoms with E-state index in [1.807, 2.05) is 18.2 Å². The Hall–Kier alpha value is -2.73. The second-order valence-electron chi connectivity index (χ2n) is 8.82. The summed E-state index contributed by atoms with van der Waals surface area (Å²) in [4.78, 5) is 14.9. The average Bonchev–Trinajstić information content (AvgIpc) is 3.56. The van der Waals surface area contributed by atoms with Gasteiger partial charge < -0.3 is 15.2 Å². The predicted octanol–water partition coefficient (Wildman–Crippen LogP) is 3.76. The van der Waals surface area contributed by atoms with Gasteiger partial charge in [0.2, 0.25) is 0 Å². The number of fused-ring (bicyclic) bond motifs is 1. The number of benzene rings is 3. The lowest BCUT2D eigenvalue weighted by molar-refractivity contribution is -0.0262. The Morgan fingerprint density at radius 1 is 1.10 bits per heavy atom. The number of nitrogens with two attached hydrogens (primary N) is 1. The lowest BCUT2D eigenvalue weighted by atomic mass is 9.78. The van der Waals surface area contributed by atoms with Crippen LogP contribution in [0.3, 0.4) is 0 Å². The van der Waals surface area contributed by atoms with Gasteiger partial charge in [0.1, 0.15) is 11.7 Å². The van der Waals surface area contributed by atoms with Crippen molar-refractivity contribution in [3.8, 4) is 0 Å². The zero-order valence-electron chi connectivity index (χ0n) is 17.7. The highest BCUT2D eigenvalue weighted by Gasteiger charge is 2.59. The Kier molecular flexibility index (Phi) is 5.26. The molecule has 0 bridgehead atoms.